The zero-order chi connectivity index (χ0) is 33.0. The zero-order valence-electron chi connectivity index (χ0n) is 26.7. The Kier molecular flexibility index (Phi) is 8.20. The first-order chi connectivity index (χ1) is 24.2. The van der Waals surface area contributed by atoms with Crippen LogP contribution in [0.15, 0.2) is 175 Å². The minimum Gasteiger partial charge on any atom is -0.340 e. The first-order valence-corrected chi connectivity index (χ1v) is 16.4. The topological polar surface area (TPSA) is 88.2 Å². The minimum absolute atomic E-state index is 0.0771. The van der Waals surface area contributed by atoms with Gasteiger partial charge in [-0.1, -0.05) is 152 Å². The van der Waals surface area contributed by atoms with Gasteiger partial charge in [0, 0.05) is 27.9 Å². The lowest BCUT2D eigenvalue weighted by molar-refractivity contribution is 0.818. The van der Waals surface area contributed by atoms with E-state index in [2.05, 4.69) is 108 Å². The molecule has 2 heterocycles. The highest BCUT2D eigenvalue weighted by Gasteiger charge is 2.23. The number of hydrogen-bond acceptors (Lipinski definition) is 6. The van der Waals surface area contributed by atoms with Gasteiger partial charge in [-0.05, 0) is 40.5 Å². The van der Waals surface area contributed by atoms with E-state index in [9.17, 15) is 0 Å². The average molecular weight is 635 g/mol. The predicted molar refractivity (Wildman–Crippen MR) is 200 cm³/mol. The Balaban J connectivity index is 1.05. The number of nitrogens with zero attached hydrogens (tertiary/aromatic N) is 3. The van der Waals surface area contributed by atoms with Crippen LogP contribution in [-0.4, -0.2) is 15.8 Å². The molecule has 0 saturated carbocycles. The summed E-state index contributed by atoms with van der Waals surface area (Å²) in [5.74, 6) is 1.32. The van der Waals surface area contributed by atoms with Crippen LogP contribution in [0.4, 0.5) is 11.6 Å². The zero-order valence-corrected chi connectivity index (χ0v) is 26.7. The number of aliphatic imine (C=N–C) groups is 1. The third-order valence-electron chi connectivity index (χ3n) is 8.77. The van der Waals surface area contributed by atoms with Crippen molar-refractivity contribution < 1.29 is 0 Å². The molecular formula is C43H34N6. The number of para-hydroxylation sites is 1. The molecule has 4 N–H and O–H groups in total. The second-order valence-electron chi connectivity index (χ2n) is 12.0. The Bertz CT molecular complexity index is 2180. The van der Waals surface area contributed by atoms with E-state index in [4.69, 9.17) is 20.7 Å². The quantitative estimate of drug-likeness (QED) is 0.145. The van der Waals surface area contributed by atoms with Gasteiger partial charge in [0.25, 0.3) is 0 Å². The maximum atomic E-state index is 6.70. The van der Waals surface area contributed by atoms with Gasteiger partial charge < -0.3 is 16.4 Å². The van der Waals surface area contributed by atoms with Crippen LogP contribution in [0.5, 0.6) is 0 Å². The van der Waals surface area contributed by atoms with E-state index in [-0.39, 0.29) is 6.04 Å². The van der Waals surface area contributed by atoms with E-state index in [1.165, 1.54) is 11.1 Å². The molecule has 1 aromatic heterocycles. The number of hydrogen-bond donors (Lipinski definition) is 3. The largest absolute Gasteiger partial charge is 0.340 e. The maximum absolute atomic E-state index is 6.70. The fourth-order valence-electron chi connectivity index (χ4n) is 6.22. The highest BCUT2D eigenvalue weighted by atomic mass is 15.2. The van der Waals surface area contributed by atoms with E-state index in [1.807, 2.05) is 72.8 Å². The van der Waals surface area contributed by atoms with E-state index < -0.39 is 6.17 Å². The van der Waals surface area contributed by atoms with Crippen molar-refractivity contribution >= 4 is 17.5 Å². The number of aromatic nitrogens is 2. The third kappa shape index (κ3) is 6.46. The summed E-state index contributed by atoms with van der Waals surface area (Å²) < 4.78 is 0. The summed E-state index contributed by atoms with van der Waals surface area (Å²) in [5, 5.41) is 6.93. The van der Waals surface area contributed by atoms with Crippen LogP contribution in [0.3, 0.4) is 0 Å². The van der Waals surface area contributed by atoms with E-state index in [0.717, 1.165) is 56.3 Å². The molecule has 0 fully saturated rings. The Morgan fingerprint density at radius 2 is 1.10 bits per heavy atom. The van der Waals surface area contributed by atoms with Crippen LogP contribution in [0, 0.1) is 0 Å². The summed E-state index contributed by atoms with van der Waals surface area (Å²) in [6, 6.07) is 57.8. The number of anilines is 2. The number of fused-ring (bicyclic) bond motifs is 1. The van der Waals surface area contributed by atoms with E-state index >= 15 is 0 Å². The number of nitrogens with two attached hydrogens (primary N) is 1. The van der Waals surface area contributed by atoms with Gasteiger partial charge in [0.05, 0.1) is 11.4 Å². The molecule has 6 aromatic carbocycles. The molecule has 2 unspecified atom stereocenters. The molecule has 0 saturated heterocycles. The monoisotopic (exact) mass is 634 g/mol. The summed E-state index contributed by atoms with van der Waals surface area (Å²) in [7, 11) is 0. The SMILES string of the molecule is NC(Nc1nc(-c2ccccc2)cc(-c2ccccc2)n1)c1ccc(-c2cccc(C3=NC(c4ccccc4)c4ccccc4N3)c2)cc1. The molecule has 6 heteroatoms. The minimum atomic E-state index is -0.509. The lowest BCUT2D eigenvalue weighted by Gasteiger charge is -2.26. The summed E-state index contributed by atoms with van der Waals surface area (Å²) in [6.07, 6.45) is -0.509. The maximum Gasteiger partial charge on any atom is 0.225 e. The Labute approximate surface area is 286 Å². The van der Waals surface area contributed by atoms with Crippen molar-refractivity contribution in [1.82, 2.24) is 9.97 Å². The smallest absolute Gasteiger partial charge is 0.225 e. The molecule has 2 atom stereocenters. The third-order valence-corrected chi connectivity index (χ3v) is 8.77. The molecule has 0 aliphatic carbocycles. The fourth-order valence-corrected chi connectivity index (χ4v) is 6.22. The molecule has 7 aromatic rings. The molecule has 6 nitrogen and oxygen atoms in total. The number of amidine groups is 1. The van der Waals surface area contributed by atoms with Gasteiger partial charge >= 0.3 is 0 Å². The van der Waals surface area contributed by atoms with Gasteiger partial charge in [-0.15, -0.1) is 0 Å². The molecule has 1 aliphatic rings. The molecular weight excluding hydrogens is 601 g/mol. The van der Waals surface area contributed by atoms with Crippen molar-refractivity contribution in [1.29, 1.82) is 0 Å². The molecule has 0 bridgehead atoms. The molecule has 49 heavy (non-hydrogen) atoms. The van der Waals surface area contributed by atoms with Crippen molar-refractivity contribution in [2.75, 3.05) is 10.6 Å². The summed E-state index contributed by atoms with van der Waals surface area (Å²) in [4.78, 5) is 14.9. The van der Waals surface area contributed by atoms with Crippen LogP contribution < -0.4 is 16.4 Å². The number of nitrogens with one attached hydrogen (secondary N) is 2. The van der Waals surface area contributed by atoms with Crippen molar-refractivity contribution in [3.05, 3.63) is 192 Å². The van der Waals surface area contributed by atoms with Gasteiger partial charge in [-0.3, -0.25) is 4.99 Å². The average Bonchev–Trinajstić information content (AvgIpc) is 3.18. The first-order valence-electron chi connectivity index (χ1n) is 16.4. The predicted octanol–water partition coefficient (Wildman–Crippen LogP) is 9.51. The fraction of sp³-hybridized carbons (Fsp3) is 0.0465. The van der Waals surface area contributed by atoms with Gasteiger partial charge in [-0.2, -0.15) is 0 Å². The Morgan fingerprint density at radius 3 is 1.78 bits per heavy atom. The molecule has 0 radical (unpaired) electrons. The summed E-state index contributed by atoms with van der Waals surface area (Å²) in [5.41, 5.74) is 17.9. The summed E-state index contributed by atoms with van der Waals surface area (Å²) >= 11 is 0. The van der Waals surface area contributed by atoms with Gasteiger partial charge in [0.1, 0.15) is 18.0 Å². The molecule has 0 spiro atoms. The van der Waals surface area contributed by atoms with Crippen LogP contribution in [0.1, 0.15) is 34.5 Å². The Morgan fingerprint density at radius 1 is 0.531 bits per heavy atom. The second kappa shape index (κ2) is 13.4. The number of rotatable bonds is 8. The van der Waals surface area contributed by atoms with Crippen LogP contribution in [0.2, 0.25) is 0 Å². The lowest BCUT2D eigenvalue weighted by Crippen LogP contribution is -2.22. The van der Waals surface area contributed by atoms with E-state index in [0.29, 0.717) is 5.95 Å². The summed E-state index contributed by atoms with van der Waals surface area (Å²) in [6.45, 7) is 0. The van der Waals surface area contributed by atoms with E-state index in [1.54, 1.807) is 0 Å². The molecule has 0 amide bonds. The normalized spacial score (nSPS) is 14.2. The molecule has 8 rings (SSSR count). The van der Waals surface area contributed by atoms with Gasteiger partial charge in [0.15, 0.2) is 0 Å². The Hall–Kier alpha value is -6.37. The van der Waals surface area contributed by atoms with Crippen LogP contribution in [-0.2, 0) is 0 Å². The highest BCUT2D eigenvalue weighted by molar-refractivity contribution is 6.10. The van der Waals surface area contributed by atoms with Crippen LogP contribution >= 0.6 is 0 Å². The van der Waals surface area contributed by atoms with Crippen molar-refractivity contribution in [2.24, 2.45) is 10.7 Å². The number of benzene rings is 6. The first kappa shape index (κ1) is 30.0. The van der Waals surface area contributed by atoms with Crippen molar-refractivity contribution in [3.63, 3.8) is 0 Å². The molecule has 1 aliphatic heterocycles. The second-order valence-corrected chi connectivity index (χ2v) is 12.0. The van der Waals surface area contributed by atoms with Gasteiger partial charge in [-0.25, -0.2) is 9.97 Å². The lowest BCUT2D eigenvalue weighted by atomic mass is 9.95. The van der Waals surface area contributed by atoms with Crippen molar-refractivity contribution in [3.8, 4) is 33.6 Å². The van der Waals surface area contributed by atoms with Crippen LogP contribution in [0.25, 0.3) is 33.6 Å². The molecule has 236 valence electrons. The standard InChI is InChI=1S/C43H34N6/c44-41(49-43-46-38(30-13-4-1-5-14-30)28-39(47-43)31-15-6-2-7-16-31)33-25-23-29(24-26-33)34-19-12-20-35(27-34)42-45-37-22-11-10-21-36(37)40(48-42)32-17-8-3-9-18-32/h1-28,40-41H,44H2,(H,45,48)(H,46,47,49). The van der Waals surface area contributed by atoms with Gasteiger partial charge in [0.2, 0.25) is 5.95 Å². The van der Waals surface area contributed by atoms with Crippen molar-refractivity contribution in [2.45, 2.75) is 12.2 Å². The highest BCUT2D eigenvalue weighted by Crippen LogP contribution is 2.36.